The Balaban J connectivity index is 1.80. The molecule has 0 aliphatic carbocycles. The molecule has 3 rings (SSSR count). The number of hydrogen-bond donors (Lipinski definition) is 1. The van der Waals surface area contributed by atoms with Crippen LogP contribution in [-0.4, -0.2) is 34.2 Å². The van der Waals surface area contributed by atoms with Gasteiger partial charge in [0.05, 0.1) is 12.1 Å². The minimum Gasteiger partial charge on any atom is -0.363 e. The monoisotopic (exact) mass is 316 g/mol. The third kappa shape index (κ3) is 3.12. The van der Waals surface area contributed by atoms with Crippen LogP contribution in [0, 0.1) is 0 Å². The number of pyridine rings is 1. The lowest BCUT2D eigenvalue weighted by molar-refractivity contribution is 0.385. The number of nitrogens with zero attached hydrogens (tertiary/aromatic N) is 5. The highest BCUT2D eigenvalue weighted by Crippen LogP contribution is 2.20. The molecule has 3 aromatic heterocycles. The van der Waals surface area contributed by atoms with Crippen molar-refractivity contribution in [1.82, 2.24) is 20.1 Å². The maximum absolute atomic E-state index is 5.56. The lowest BCUT2D eigenvalue weighted by Crippen LogP contribution is -2.10. The molecule has 8 heteroatoms. The summed E-state index contributed by atoms with van der Waals surface area (Å²) in [5.41, 5.74) is 7.32. The van der Waals surface area contributed by atoms with Crippen molar-refractivity contribution in [3.8, 4) is 11.4 Å². The van der Waals surface area contributed by atoms with Crippen molar-refractivity contribution in [2.45, 2.75) is 13.0 Å². The number of rotatable bonds is 5. The molecule has 0 amide bonds. The fourth-order valence-electron chi connectivity index (χ4n) is 1.92. The summed E-state index contributed by atoms with van der Waals surface area (Å²) in [6, 6.07) is 3.78. The van der Waals surface area contributed by atoms with Crippen LogP contribution in [0.5, 0.6) is 0 Å². The Morgan fingerprint density at radius 2 is 2.18 bits per heavy atom. The fraction of sp³-hybridized carbons (Fsp3) is 0.286. The second-order valence-corrected chi connectivity index (χ2v) is 5.87. The lowest BCUT2D eigenvalue weighted by Gasteiger charge is -2.10. The number of anilines is 1. The van der Waals surface area contributed by atoms with Gasteiger partial charge in [-0.25, -0.2) is 9.97 Å². The Morgan fingerprint density at radius 1 is 1.32 bits per heavy atom. The van der Waals surface area contributed by atoms with E-state index in [4.69, 9.17) is 10.3 Å². The molecule has 0 aliphatic heterocycles. The van der Waals surface area contributed by atoms with Crippen molar-refractivity contribution in [3.05, 3.63) is 40.3 Å². The van der Waals surface area contributed by atoms with E-state index in [0.29, 0.717) is 24.7 Å². The molecule has 0 aliphatic rings. The summed E-state index contributed by atoms with van der Waals surface area (Å²) >= 11 is 1.54. The quantitative estimate of drug-likeness (QED) is 0.765. The van der Waals surface area contributed by atoms with E-state index in [1.165, 1.54) is 11.3 Å². The summed E-state index contributed by atoms with van der Waals surface area (Å²) in [6.07, 6.45) is 2.24. The lowest BCUT2D eigenvalue weighted by atomic mass is 10.2. The summed E-state index contributed by atoms with van der Waals surface area (Å²) in [4.78, 5) is 15.0. The molecule has 22 heavy (non-hydrogen) atoms. The minimum atomic E-state index is 0.448. The first-order valence-electron chi connectivity index (χ1n) is 6.75. The number of nitrogens with two attached hydrogens (primary N) is 1. The Hall–Kier alpha value is -2.32. The van der Waals surface area contributed by atoms with E-state index in [-0.39, 0.29) is 0 Å². The molecule has 3 heterocycles. The zero-order valence-corrected chi connectivity index (χ0v) is 13.2. The van der Waals surface area contributed by atoms with Crippen LogP contribution in [0.4, 0.5) is 5.82 Å². The third-order valence-electron chi connectivity index (χ3n) is 3.04. The van der Waals surface area contributed by atoms with E-state index >= 15 is 0 Å². The summed E-state index contributed by atoms with van der Waals surface area (Å²) in [5, 5.41) is 6.89. The second-order valence-electron chi connectivity index (χ2n) is 4.92. The molecule has 0 aromatic carbocycles. The van der Waals surface area contributed by atoms with E-state index in [1.807, 2.05) is 36.5 Å². The smallest absolute Gasteiger partial charge is 0.233 e. The minimum absolute atomic E-state index is 0.448. The molecule has 0 saturated heterocycles. The van der Waals surface area contributed by atoms with Gasteiger partial charge in [-0.3, -0.25) is 0 Å². The van der Waals surface area contributed by atoms with Crippen molar-refractivity contribution >= 4 is 17.2 Å². The van der Waals surface area contributed by atoms with Crippen LogP contribution in [0.3, 0.4) is 0 Å². The Labute approximate surface area is 131 Å². The third-order valence-corrected chi connectivity index (χ3v) is 3.96. The topological polar surface area (TPSA) is 94.0 Å². The van der Waals surface area contributed by atoms with E-state index < -0.39 is 0 Å². The highest BCUT2D eigenvalue weighted by atomic mass is 32.1. The average Bonchev–Trinajstić information content (AvgIpc) is 3.17. The molecular weight excluding hydrogens is 300 g/mol. The summed E-state index contributed by atoms with van der Waals surface area (Å²) in [7, 11) is 3.87. The van der Waals surface area contributed by atoms with Crippen LogP contribution in [0.25, 0.3) is 11.4 Å². The summed E-state index contributed by atoms with van der Waals surface area (Å²) in [5.74, 6) is 1.93. The van der Waals surface area contributed by atoms with Gasteiger partial charge in [-0.15, -0.1) is 11.3 Å². The SMILES string of the molecule is CN(C)c1cc(-c2noc(Cc3csc(CN)n3)n2)ccn1. The van der Waals surface area contributed by atoms with Gasteiger partial charge in [-0.1, -0.05) is 5.16 Å². The van der Waals surface area contributed by atoms with Crippen LogP contribution in [-0.2, 0) is 13.0 Å². The van der Waals surface area contributed by atoms with E-state index in [2.05, 4.69) is 20.1 Å². The van der Waals surface area contributed by atoms with Crippen LogP contribution in [0.1, 0.15) is 16.6 Å². The fourth-order valence-corrected chi connectivity index (χ4v) is 2.60. The molecule has 0 saturated carbocycles. The molecular formula is C14H16N6OS. The molecule has 3 aromatic rings. The number of hydrogen-bond acceptors (Lipinski definition) is 8. The Bertz CT molecular complexity index is 766. The van der Waals surface area contributed by atoms with Gasteiger partial charge in [-0.05, 0) is 12.1 Å². The molecule has 0 bridgehead atoms. The van der Waals surface area contributed by atoms with Gasteiger partial charge in [0.15, 0.2) is 0 Å². The van der Waals surface area contributed by atoms with E-state index in [0.717, 1.165) is 22.1 Å². The Morgan fingerprint density at radius 3 is 2.91 bits per heavy atom. The molecule has 0 radical (unpaired) electrons. The molecule has 7 nitrogen and oxygen atoms in total. The molecule has 0 fully saturated rings. The van der Waals surface area contributed by atoms with Crippen molar-refractivity contribution in [3.63, 3.8) is 0 Å². The van der Waals surface area contributed by atoms with Gasteiger partial charge in [0, 0.05) is 37.8 Å². The largest absolute Gasteiger partial charge is 0.363 e. The van der Waals surface area contributed by atoms with Crippen molar-refractivity contribution in [2.75, 3.05) is 19.0 Å². The van der Waals surface area contributed by atoms with Crippen LogP contribution in [0.15, 0.2) is 28.2 Å². The first-order chi connectivity index (χ1) is 10.7. The number of aromatic nitrogens is 4. The van der Waals surface area contributed by atoms with Crippen LogP contribution in [0.2, 0.25) is 0 Å². The standard InChI is InChI=1S/C14H16N6OS/c1-20(2)11-5-9(3-4-16-11)14-18-12(21-19-14)6-10-8-22-13(7-15)17-10/h3-5,8H,6-7,15H2,1-2H3. The van der Waals surface area contributed by atoms with Gasteiger partial charge in [0.1, 0.15) is 10.8 Å². The Kier molecular flexibility index (Phi) is 4.12. The predicted molar refractivity (Wildman–Crippen MR) is 84.7 cm³/mol. The second kappa shape index (κ2) is 6.20. The van der Waals surface area contributed by atoms with Crippen LogP contribution < -0.4 is 10.6 Å². The van der Waals surface area contributed by atoms with Gasteiger partial charge >= 0.3 is 0 Å². The zero-order chi connectivity index (χ0) is 15.5. The first-order valence-corrected chi connectivity index (χ1v) is 7.63. The average molecular weight is 316 g/mol. The van der Waals surface area contributed by atoms with Gasteiger partial charge < -0.3 is 15.2 Å². The van der Waals surface area contributed by atoms with E-state index in [1.54, 1.807) is 6.20 Å². The molecule has 0 unspecified atom stereocenters. The van der Waals surface area contributed by atoms with Gasteiger partial charge in [-0.2, -0.15) is 4.98 Å². The highest BCUT2D eigenvalue weighted by Gasteiger charge is 2.12. The molecule has 0 spiro atoms. The maximum atomic E-state index is 5.56. The van der Waals surface area contributed by atoms with Gasteiger partial charge in [0.2, 0.25) is 11.7 Å². The summed E-state index contributed by atoms with van der Waals surface area (Å²) in [6.45, 7) is 0.448. The van der Waals surface area contributed by atoms with Gasteiger partial charge in [0.25, 0.3) is 0 Å². The van der Waals surface area contributed by atoms with Crippen molar-refractivity contribution < 1.29 is 4.52 Å². The van der Waals surface area contributed by atoms with Crippen molar-refractivity contribution in [1.29, 1.82) is 0 Å². The summed E-state index contributed by atoms with van der Waals surface area (Å²) < 4.78 is 5.30. The zero-order valence-electron chi connectivity index (χ0n) is 12.4. The molecule has 114 valence electrons. The highest BCUT2D eigenvalue weighted by molar-refractivity contribution is 7.09. The molecule has 2 N–H and O–H groups in total. The maximum Gasteiger partial charge on any atom is 0.233 e. The normalized spacial score (nSPS) is 10.9. The van der Waals surface area contributed by atoms with Crippen molar-refractivity contribution in [2.24, 2.45) is 5.73 Å². The predicted octanol–water partition coefficient (Wildman–Crippen LogP) is 1.70. The first kappa shape index (κ1) is 14.6. The van der Waals surface area contributed by atoms with E-state index in [9.17, 15) is 0 Å². The molecule has 0 atom stereocenters. The number of thiazole rings is 1. The van der Waals surface area contributed by atoms with Crippen LogP contribution >= 0.6 is 11.3 Å².